The minimum absolute atomic E-state index is 0.0278. The van der Waals surface area contributed by atoms with Crippen LogP contribution in [-0.4, -0.2) is 36.4 Å². The van der Waals surface area contributed by atoms with Gasteiger partial charge in [-0.3, -0.25) is 9.20 Å². The van der Waals surface area contributed by atoms with Crippen molar-refractivity contribution >= 4 is 44.9 Å². The van der Waals surface area contributed by atoms with E-state index in [9.17, 15) is 4.79 Å². The summed E-state index contributed by atoms with van der Waals surface area (Å²) in [4.78, 5) is 17.9. The van der Waals surface area contributed by atoms with Crippen LogP contribution in [0.2, 0.25) is 0 Å². The zero-order valence-electron chi connectivity index (χ0n) is 12.0. The van der Waals surface area contributed by atoms with Gasteiger partial charge in [0.2, 0.25) is 0 Å². The Kier molecular flexibility index (Phi) is 3.30. The molecule has 0 spiro atoms. The molecule has 6 nitrogen and oxygen atoms in total. The van der Waals surface area contributed by atoms with Crippen molar-refractivity contribution in [1.82, 2.24) is 19.6 Å². The number of carboxylic acid groups (broad SMARTS) is 1. The molecule has 1 aliphatic rings. The SMILES string of the molecule is Cc1nc2sc3c(c2c2nnc(SCC(=O)O)n12)CCCC3. The average Bonchev–Trinajstić information content (AvgIpc) is 3.05. The van der Waals surface area contributed by atoms with Crippen molar-refractivity contribution in [2.75, 3.05) is 5.75 Å². The summed E-state index contributed by atoms with van der Waals surface area (Å²) >= 11 is 2.94. The van der Waals surface area contributed by atoms with Crippen LogP contribution in [-0.2, 0) is 17.6 Å². The van der Waals surface area contributed by atoms with Gasteiger partial charge in [-0.15, -0.1) is 21.5 Å². The molecule has 3 heterocycles. The highest BCUT2D eigenvalue weighted by Gasteiger charge is 2.22. The summed E-state index contributed by atoms with van der Waals surface area (Å²) in [7, 11) is 0. The molecule has 4 rings (SSSR count). The Morgan fingerprint density at radius 1 is 1.36 bits per heavy atom. The van der Waals surface area contributed by atoms with E-state index in [1.807, 2.05) is 11.3 Å². The van der Waals surface area contributed by atoms with Gasteiger partial charge in [0.15, 0.2) is 10.8 Å². The maximum absolute atomic E-state index is 10.8. The summed E-state index contributed by atoms with van der Waals surface area (Å²) in [6.45, 7) is 1.92. The van der Waals surface area contributed by atoms with E-state index in [2.05, 4.69) is 10.2 Å². The Bertz CT molecular complexity index is 899. The summed E-state index contributed by atoms with van der Waals surface area (Å²) in [5, 5.41) is 19.1. The van der Waals surface area contributed by atoms with Crippen LogP contribution in [0.5, 0.6) is 0 Å². The molecule has 0 atom stereocenters. The second-order valence-electron chi connectivity index (χ2n) is 5.37. The van der Waals surface area contributed by atoms with Gasteiger partial charge in [-0.1, -0.05) is 11.8 Å². The predicted octanol–water partition coefficient (Wildman–Crippen LogP) is 2.70. The first kappa shape index (κ1) is 14.0. The first-order chi connectivity index (χ1) is 10.6. The first-order valence-electron chi connectivity index (χ1n) is 7.15. The molecular formula is C14H14N4O2S2. The molecule has 8 heteroatoms. The normalized spacial score (nSPS) is 14.6. The van der Waals surface area contributed by atoms with Gasteiger partial charge in [0, 0.05) is 4.88 Å². The summed E-state index contributed by atoms with van der Waals surface area (Å²) in [5.41, 5.74) is 2.18. The lowest BCUT2D eigenvalue weighted by Gasteiger charge is -2.10. The van der Waals surface area contributed by atoms with E-state index in [0.717, 1.165) is 34.5 Å². The number of rotatable bonds is 3. The number of thioether (sulfide) groups is 1. The third-order valence-electron chi connectivity index (χ3n) is 3.92. The number of aromatic nitrogens is 4. The van der Waals surface area contributed by atoms with Gasteiger partial charge in [0.25, 0.3) is 0 Å². The quantitative estimate of drug-likeness (QED) is 0.742. The van der Waals surface area contributed by atoms with Crippen molar-refractivity contribution in [2.45, 2.75) is 37.8 Å². The Morgan fingerprint density at radius 3 is 3.00 bits per heavy atom. The smallest absolute Gasteiger partial charge is 0.313 e. The van der Waals surface area contributed by atoms with E-state index < -0.39 is 5.97 Å². The molecule has 0 aromatic carbocycles. The van der Waals surface area contributed by atoms with E-state index in [1.165, 1.54) is 35.0 Å². The number of hydrogen-bond acceptors (Lipinski definition) is 6. The van der Waals surface area contributed by atoms with Gasteiger partial charge < -0.3 is 5.11 Å². The predicted molar refractivity (Wildman–Crippen MR) is 85.9 cm³/mol. The third kappa shape index (κ3) is 2.09. The maximum atomic E-state index is 10.8. The van der Waals surface area contributed by atoms with Crippen molar-refractivity contribution < 1.29 is 9.90 Å². The number of nitrogens with zero attached hydrogens (tertiary/aromatic N) is 4. The van der Waals surface area contributed by atoms with Crippen LogP contribution in [0.15, 0.2) is 5.16 Å². The molecule has 3 aromatic heterocycles. The Labute approximate surface area is 134 Å². The van der Waals surface area contributed by atoms with E-state index in [-0.39, 0.29) is 5.75 Å². The van der Waals surface area contributed by atoms with Crippen molar-refractivity contribution in [3.63, 3.8) is 0 Å². The zero-order chi connectivity index (χ0) is 15.3. The lowest BCUT2D eigenvalue weighted by Crippen LogP contribution is -2.02. The molecular weight excluding hydrogens is 320 g/mol. The van der Waals surface area contributed by atoms with E-state index in [1.54, 1.807) is 11.3 Å². The highest BCUT2D eigenvalue weighted by Crippen LogP contribution is 2.38. The van der Waals surface area contributed by atoms with Crippen LogP contribution in [0.3, 0.4) is 0 Å². The number of aliphatic carboxylic acids is 1. The van der Waals surface area contributed by atoms with Crippen LogP contribution in [0.1, 0.15) is 29.1 Å². The standard InChI is InChI=1S/C14H14N4O2S2/c1-7-15-13-11(8-4-2-3-5-9(8)22-13)12-16-17-14(18(7)12)21-6-10(19)20/h2-6H2,1H3,(H,19,20). The van der Waals surface area contributed by atoms with Crippen LogP contribution in [0.25, 0.3) is 15.9 Å². The number of hydrogen-bond donors (Lipinski definition) is 1. The minimum Gasteiger partial charge on any atom is -0.481 e. The second-order valence-corrected chi connectivity index (χ2v) is 7.40. The highest BCUT2D eigenvalue weighted by molar-refractivity contribution is 7.99. The van der Waals surface area contributed by atoms with Crippen molar-refractivity contribution in [2.24, 2.45) is 0 Å². The molecule has 1 N–H and O–H groups in total. The molecule has 0 aliphatic heterocycles. The molecule has 0 saturated heterocycles. The molecule has 0 bridgehead atoms. The molecule has 22 heavy (non-hydrogen) atoms. The fourth-order valence-electron chi connectivity index (χ4n) is 3.00. The van der Waals surface area contributed by atoms with E-state index >= 15 is 0 Å². The fourth-order valence-corrected chi connectivity index (χ4v) is 5.00. The van der Waals surface area contributed by atoms with Crippen LogP contribution in [0, 0.1) is 6.92 Å². The van der Waals surface area contributed by atoms with E-state index in [0.29, 0.717) is 5.16 Å². The lowest BCUT2D eigenvalue weighted by molar-refractivity contribution is -0.133. The molecule has 0 saturated carbocycles. The fraction of sp³-hybridized carbons (Fsp3) is 0.429. The number of carboxylic acids is 1. The molecule has 0 unspecified atom stereocenters. The largest absolute Gasteiger partial charge is 0.481 e. The highest BCUT2D eigenvalue weighted by atomic mass is 32.2. The van der Waals surface area contributed by atoms with Gasteiger partial charge in [-0.05, 0) is 38.2 Å². The second kappa shape index (κ2) is 5.20. The monoisotopic (exact) mass is 334 g/mol. The maximum Gasteiger partial charge on any atom is 0.313 e. The summed E-state index contributed by atoms with van der Waals surface area (Å²) in [5.74, 6) is -0.0830. The molecule has 1 aliphatic carbocycles. The van der Waals surface area contributed by atoms with Gasteiger partial charge in [-0.2, -0.15) is 0 Å². The topological polar surface area (TPSA) is 80.4 Å². The molecule has 0 fully saturated rings. The number of aryl methyl sites for hydroxylation is 3. The van der Waals surface area contributed by atoms with E-state index in [4.69, 9.17) is 10.1 Å². The Balaban J connectivity index is 1.95. The molecule has 114 valence electrons. The van der Waals surface area contributed by atoms with Gasteiger partial charge in [0.05, 0.1) is 11.1 Å². The van der Waals surface area contributed by atoms with Crippen molar-refractivity contribution in [3.05, 3.63) is 16.3 Å². The lowest BCUT2D eigenvalue weighted by atomic mass is 9.97. The third-order valence-corrected chi connectivity index (χ3v) is 6.02. The summed E-state index contributed by atoms with van der Waals surface area (Å²) in [6.07, 6.45) is 4.63. The molecule has 0 radical (unpaired) electrons. The van der Waals surface area contributed by atoms with Crippen molar-refractivity contribution in [3.8, 4) is 0 Å². The number of carbonyl (C=O) groups is 1. The minimum atomic E-state index is -0.860. The average molecular weight is 334 g/mol. The Morgan fingerprint density at radius 2 is 2.18 bits per heavy atom. The van der Waals surface area contributed by atoms with Crippen LogP contribution >= 0.6 is 23.1 Å². The van der Waals surface area contributed by atoms with Crippen LogP contribution < -0.4 is 0 Å². The summed E-state index contributed by atoms with van der Waals surface area (Å²) in [6, 6.07) is 0. The molecule has 3 aromatic rings. The Hall–Kier alpha value is -1.67. The van der Waals surface area contributed by atoms with Crippen molar-refractivity contribution in [1.29, 1.82) is 0 Å². The number of fused-ring (bicyclic) bond motifs is 5. The first-order valence-corrected chi connectivity index (χ1v) is 8.96. The van der Waals surface area contributed by atoms with Crippen LogP contribution in [0.4, 0.5) is 0 Å². The molecule has 0 amide bonds. The van der Waals surface area contributed by atoms with Gasteiger partial charge in [-0.25, -0.2) is 4.98 Å². The zero-order valence-corrected chi connectivity index (χ0v) is 13.6. The summed E-state index contributed by atoms with van der Waals surface area (Å²) < 4.78 is 1.89. The van der Waals surface area contributed by atoms with Gasteiger partial charge in [0.1, 0.15) is 10.7 Å². The van der Waals surface area contributed by atoms with Gasteiger partial charge >= 0.3 is 5.97 Å². The number of thiophene rings is 1.